The van der Waals surface area contributed by atoms with Gasteiger partial charge in [0.05, 0.1) is 11.5 Å². The third-order valence-corrected chi connectivity index (χ3v) is 5.05. The molecule has 0 radical (unpaired) electrons. The summed E-state index contributed by atoms with van der Waals surface area (Å²) in [6, 6.07) is 3.93. The minimum Gasteiger partial charge on any atom is -0.481 e. The van der Waals surface area contributed by atoms with E-state index in [-0.39, 0.29) is 18.4 Å². The number of rotatable bonds is 7. The number of carbonyl (C=O) groups is 2. The second-order valence-corrected chi connectivity index (χ2v) is 6.53. The molecule has 0 bridgehead atoms. The number of carboxylic acid groups (broad SMARTS) is 1. The monoisotopic (exact) mass is 297 g/mol. The molecule has 1 amide bonds. The first kappa shape index (κ1) is 16.7. The lowest BCUT2D eigenvalue weighted by Crippen LogP contribution is -2.37. The molecule has 0 fully saturated rings. The number of aliphatic carboxylic acids is 1. The maximum absolute atomic E-state index is 12.1. The van der Waals surface area contributed by atoms with Crippen LogP contribution in [0.2, 0.25) is 0 Å². The van der Waals surface area contributed by atoms with E-state index >= 15 is 0 Å². The zero-order chi connectivity index (χ0) is 15.3. The van der Waals surface area contributed by atoms with Crippen LogP contribution in [0.5, 0.6) is 0 Å². The molecule has 0 aliphatic rings. The minimum absolute atomic E-state index is 0.0318. The number of carboxylic acids is 1. The summed E-state index contributed by atoms with van der Waals surface area (Å²) in [6.45, 7) is 7.57. The van der Waals surface area contributed by atoms with E-state index in [0.717, 1.165) is 4.88 Å². The lowest BCUT2D eigenvalue weighted by molar-refractivity contribution is -0.152. The number of aryl methyl sites for hydroxylation is 1. The van der Waals surface area contributed by atoms with E-state index in [9.17, 15) is 14.7 Å². The van der Waals surface area contributed by atoms with E-state index in [0.29, 0.717) is 12.8 Å². The van der Waals surface area contributed by atoms with Crippen molar-refractivity contribution < 1.29 is 14.7 Å². The second kappa shape index (κ2) is 6.88. The summed E-state index contributed by atoms with van der Waals surface area (Å²) >= 11 is 1.64. The van der Waals surface area contributed by atoms with Gasteiger partial charge >= 0.3 is 5.97 Å². The van der Waals surface area contributed by atoms with Crippen LogP contribution in [0.15, 0.2) is 12.1 Å². The van der Waals surface area contributed by atoms with Gasteiger partial charge in [-0.25, -0.2) is 0 Å². The molecule has 0 spiro atoms. The van der Waals surface area contributed by atoms with Gasteiger partial charge in [-0.1, -0.05) is 13.8 Å². The minimum atomic E-state index is -0.949. The van der Waals surface area contributed by atoms with Crippen LogP contribution in [0.25, 0.3) is 0 Å². The lowest BCUT2D eigenvalue weighted by atomic mass is 9.79. The Kier molecular flexibility index (Phi) is 5.74. The van der Waals surface area contributed by atoms with Crippen molar-refractivity contribution >= 4 is 23.2 Å². The average Bonchev–Trinajstić information content (AvgIpc) is 2.82. The van der Waals surface area contributed by atoms with Crippen LogP contribution in [0, 0.1) is 12.3 Å². The smallest absolute Gasteiger partial charge is 0.310 e. The predicted octanol–water partition coefficient (Wildman–Crippen LogP) is 3.51. The predicted molar refractivity (Wildman–Crippen MR) is 80.9 cm³/mol. The quantitative estimate of drug-likeness (QED) is 0.809. The van der Waals surface area contributed by atoms with Crippen LogP contribution in [0.4, 0.5) is 0 Å². The molecule has 0 aliphatic heterocycles. The first-order chi connectivity index (χ1) is 9.34. The Balaban J connectivity index is 2.69. The van der Waals surface area contributed by atoms with Crippen LogP contribution >= 0.6 is 11.3 Å². The number of thiophene rings is 1. The van der Waals surface area contributed by atoms with E-state index in [1.54, 1.807) is 11.3 Å². The van der Waals surface area contributed by atoms with Crippen molar-refractivity contribution in [3.63, 3.8) is 0 Å². The van der Waals surface area contributed by atoms with Crippen molar-refractivity contribution in [1.82, 2.24) is 5.32 Å². The van der Waals surface area contributed by atoms with Gasteiger partial charge in [0.15, 0.2) is 0 Å². The fourth-order valence-corrected chi connectivity index (χ4v) is 3.11. The number of amides is 1. The van der Waals surface area contributed by atoms with Crippen LogP contribution in [0.3, 0.4) is 0 Å². The van der Waals surface area contributed by atoms with Crippen LogP contribution in [0.1, 0.15) is 55.8 Å². The van der Waals surface area contributed by atoms with Crippen molar-refractivity contribution in [2.45, 2.75) is 53.0 Å². The molecule has 0 saturated heterocycles. The van der Waals surface area contributed by atoms with E-state index in [4.69, 9.17) is 0 Å². The Morgan fingerprint density at radius 3 is 2.35 bits per heavy atom. The van der Waals surface area contributed by atoms with Crippen LogP contribution in [-0.4, -0.2) is 17.0 Å². The topological polar surface area (TPSA) is 66.4 Å². The summed E-state index contributed by atoms with van der Waals surface area (Å²) in [7, 11) is 0. The molecule has 5 heteroatoms. The van der Waals surface area contributed by atoms with Gasteiger partial charge in [-0.3, -0.25) is 9.59 Å². The highest BCUT2D eigenvalue weighted by Crippen LogP contribution is 2.31. The van der Waals surface area contributed by atoms with Gasteiger partial charge in [0, 0.05) is 16.2 Å². The van der Waals surface area contributed by atoms with Gasteiger partial charge in [-0.05, 0) is 38.8 Å². The molecule has 0 aromatic carbocycles. The summed E-state index contributed by atoms with van der Waals surface area (Å²) in [6.07, 6.45) is 0.946. The molecule has 0 saturated carbocycles. The Morgan fingerprint density at radius 1 is 1.35 bits per heavy atom. The first-order valence-electron chi connectivity index (χ1n) is 6.93. The highest BCUT2D eigenvalue weighted by atomic mass is 32.1. The maximum atomic E-state index is 12.1. The SMILES string of the molecule is CCC(CC)(CC(=O)NC(C)c1ccc(C)s1)C(=O)O. The lowest BCUT2D eigenvalue weighted by Gasteiger charge is -2.26. The summed E-state index contributed by atoms with van der Waals surface area (Å²) in [5, 5.41) is 12.2. The van der Waals surface area contributed by atoms with Crippen LogP contribution < -0.4 is 5.32 Å². The molecule has 1 aromatic rings. The van der Waals surface area contributed by atoms with E-state index in [1.165, 1.54) is 4.88 Å². The standard InChI is InChI=1S/C15H23NO3S/c1-5-15(6-2,14(18)19)9-13(17)16-11(4)12-8-7-10(3)20-12/h7-8,11H,5-6,9H2,1-4H3,(H,16,17)(H,18,19). The molecule has 1 heterocycles. The molecule has 2 N–H and O–H groups in total. The largest absolute Gasteiger partial charge is 0.481 e. The summed E-state index contributed by atoms with van der Waals surface area (Å²) in [5.41, 5.74) is -0.949. The van der Waals surface area contributed by atoms with Gasteiger partial charge in [0.2, 0.25) is 5.91 Å². The van der Waals surface area contributed by atoms with Gasteiger partial charge in [0.1, 0.15) is 0 Å². The van der Waals surface area contributed by atoms with Gasteiger partial charge in [0.25, 0.3) is 0 Å². The highest BCUT2D eigenvalue weighted by Gasteiger charge is 2.37. The third-order valence-electron chi connectivity index (χ3n) is 3.87. The third kappa shape index (κ3) is 3.82. The molecule has 112 valence electrons. The van der Waals surface area contributed by atoms with Crippen molar-refractivity contribution in [3.05, 3.63) is 21.9 Å². The van der Waals surface area contributed by atoms with E-state index in [1.807, 2.05) is 39.8 Å². The zero-order valence-corrected chi connectivity index (χ0v) is 13.3. The van der Waals surface area contributed by atoms with E-state index in [2.05, 4.69) is 5.32 Å². The number of nitrogens with one attached hydrogen (secondary N) is 1. The molecule has 1 unspecified atom stereocenters. The normalized spacial score (nSPS) is 13.0. The van der Waals surface area contributed by atoms with Crippen molar-refractivity contribution in [2.75, 3.05) is 0 Å². The number of hydrogen-bond acceptors (Lipinski definition) is 3. The molecule has 0 aliphatic carbocycles. The summed E-state index contributed by atoms with van der Waals surface area (Å²) in [5.74, 6) is -1.09. The van der Waals surface area contributed by atoms with E-state index < -0.39 is 11.4 Å². The fraction of sp³-hybridized carbons (Fsp3) is 0.600. The average molecular weight is 297 g/mol. The Morgan fingerprint density at radius 2 is 1.95 bits per heavy atom. The molecule has 20 heavy (non-hydrogen) atoms. The Bertz CT molecular complexity index is 477. The van der Waals surface area contributed by atoms with Crippen molar-refractivity contribution in [3.8, 4) is 0 Å². The van der Waals surface area contributed by atoms with Crippen molar-refractivity contribution in [2.24, 2.45) is 5.41 Å². The first-order valence-corrected chi connectivity index (χ1v) is 7.75. The Hall–Kier alpha value is -1.36. The molecule has 4 nitrogen and oxygen atoms in total. The Labute approximate surface area is 124 Å². The fourth-order valence-electron chi connectivity index (χ4n) is 2.24. The maximum Gasteiger partial charge on any atom is 0.310 e. The molecule has 1 atom stereocenters. The number of carbonyl (C=O) groups excluding carboxylic acids is 1. The van der Waals surface area contributed by atoms with Gasteiger partial charge in [-0.15, -0.1) is 11.3 Å². The van der Waals surface area contributed by atoms with Gasteiger partial charge < -0.3 is 10.4 Å². The summed E-state index contributed by atoms with van der Waals surface area (Å²) < 4.78 is 0. The zero-order valence-electron chi connectivity index (χ0n) is 12.5. The second-order valence-electron chi connectivity index (χ2n) is 5.21. The number of hydrogen-bond donors (Lipinski definition) is 2. The molecule has 1 rings (SSSR count). The molecular weight excluding hydrogens is 274 g/mol. The van der Waals surface area contributed by atoms with Crippen LogP contribution in [-0.2, 0) is 9.59 Å². The van der Waals surface area contributed by atoms with Crippen molar-refractivity contribution in [1.29, 1.82) is 0 Å². The molecular formula is C15H23NO3S. The van der Waals surface area contributed by atoms with Gasteiger partial charge in [-0.2, -0.15) is 0 Å². The molecule has 1 aromatic heterocycles. The summed E-state index contributed by atoms with van der Waals surface area (Å²) in [4.78, 5) is 25.8. The highest BCUT2D eigenvalue weighted by molar-refractivity contribution is 7.12.